The van der Waals surface area contributed by atoms with Crippen LogP contribution in [0.4, 0.5) is 0 Å². The van der Waals surface area contributed by atoms with E-state index < -0.39 is 0 Å². The van der Waals surface area contributed by atoms with Crippen LogP contribution in [0, 0.1) is 39.9 Å². The van der Waals surface area contributed by atoms with Gasteiger partial charge in [-0.05, 0) is 86.9 Å². The minimum atomic E-state index is -0.359. The maximum Gasteiger partial charge on any atom is 0.0765 e. The van der Waals surface area contributed by atoms with Crippen molar-refractivity contribution in [2.45, 2.75) is 84.2 Å². The molecule has 0 aromatic heterocycles. The second-order valence-corrected chi connectivity index (χ2v) is 10.6. The standard InChI is InChI=1S/C20H32O/c1-17(2)16-4-5-18(17,3)20(21,12-16)19-9-13-6-14(10-19)8-15(7-13)11-19/h13-16,21H,4-12H2,1-3H3. The lowest BCUT2D eigenvalue weighted by Gasteiger charge is -2.66. The van der Waals surface area contributed by atoms with Crippen LogP contribution in [0.2, 0.25) is 0 Å². The van der Waals surface area contributed by atoms with Crippen molar-refractivity contribution in [1.82, 2.24) is 0 Å². The molecule has 6 saturated carbocycles. The Morgan fingerprint density at radius 1 is 0.810 bits per heavy atom. The zero-order valence-electron chi connectivity index (χ0n) is 14.1. The molecule has 0 aromatic rings. The summed E-state index contributed by atoms with van der Waals surface area (Å²) in [5.74, 6) is 3.61. The Labute approximate surface area is 129 Å². The minimum Gasteiger partial charge on any atom is -0.389 e. The highest BCUT2D eigenvalue weighted by Crippen LogP contribution is 2.78. The van der Waals surface area contributed by atoms with Gasteiger partial charge in [0, 0.05) is 10.8 Å². The summed E-state index contributed by atoms with van der Waals surface area (Å²) in [5.41, 5.74) is 0.437. The van der Waals surface area contributed by atoms with Crippen LogP contribution in [-0.2, 0) is 0 Å². The second-order valence-electron chi connectivity index (χ2n) is 10.6. The fourth-order valence-electron chi connectivity index (χ4n) is 8.69. The molecule has 6 fully saturated rings. The SMILES string of the molecule is CC1(C)C2CCC1(C)C(O)(C13CC4CC(CC(C4)C1)C3)C2. The first kappa shape index (κ1) is 13.4. The Balaban J connectivity index is 1.62. The van der Waals surface area contributed by atoms with E-state index >= 15 is 0 Å². The third-order valence-corrected chi connectivity index (χ3v) is 9.81. The van der Waals surface area contributed by atoms with Crippen molar-refractivity contribution in [3.63, 3.8) is 0 Å². The van der Waals surface area contributed by atoms with Gasteiger partial charge in [0.2, 0.25) is 0 Å². The van der Waals surface area contributed by atoms with Crippen LogP contribution in [0.1, 0.15) is 78.6 Å². The van der Waals surface area contributed by atoms with E-state index in [2.05, 4.69) is 20.8 Å². The van der Waals surface area contributed by atoms with Gasteiger partial charge in [-0.2, -0.15) is 0 Å². The first-order valence-corrected chi connectivity index (χ1v) is 9.52. The van der Waals surface area contributed by atoms with Gasteiger partial charge in [0.25, 0.3) is 0 Å². The zero-order valence-corrected chi connectivity index (χ0v) is 14.1. The van der Waals surface area contributed by atoms with E-state index in [0.717, 1.165) is 30.1 Å². The fraction of sp³-hybridized carbons (Fsp3) is 1.00. The number of hydrogen-bond acceptors (Lipinski definition) is 1. The highest BCUT2D eigenvalue weighted by Gasteiger charge is 2.75. The number of rotatable bonds is 1. The molecule has 6 bridgehead atoms. The van der Waals surface area contributed by atoms with Gasteiger partial charge in [0.05, 0.1) is 5.60 Å². The first-order chi connectivity index (χ1) is 9.80. The Morgan fingerprint density at radius 3 is 1.71 bits per heavy atom. The van der Waals surface area contributed by atoms with E-state index in [0.29, 0.717) is 10.8 Å². The van der Waals surface area contributed by atoms with Crippen LogP contribution in [-0.4, -0.2) is 10.7 Å². The molecule has 0 amide bonds. The summed E-state index contributed by atoms with van der Waals surface area (Å²) >= 11 is 0. The number of hydrogen-bond donors (Lipinski definition) is 1. The molecule has 0 saturated heterocycles. The average Bonchev–Trinajstić information content (AvgIpc) is 2.69. The van der Waals surface area contributed by atoms with E-state index in [1.165, 1.54) is 51.4 Å². The fourth-order valence-corrected chi connectivity index (χ4v) is 8.69. The van der Waals surface area contributed by atoms with Crippen molar-refractivity contribution in [2.75, 3.05) is 0 Å². The zero-order chi connectivity index (χ0) is 14.7. The van der Waals surface area contributed by atoms with E-state index in [9.17, 15) is 5.11 Å². The molecule has 6 aliphatic carbocycles. The molecule has 21 heavy (non-hydrogen) atoms. The van der Waals surface area contributed by atoms with Crippen LogP contribution in [0.25, 0.3) is 0 Å². The molecule has 1 nitrogen and oxygen atoms in total. The molecular formula is C20H32O. The van der Waals surface area contributed by atoms with Crippen molar-refractivity contribution in [2.24, 2.45) is 39.9 Å². The predicted molar refractivity (Wildman–Crippen MR) is 84.8 cm³/mol. The second kappa shape index (κ2) is 3.55. The molecule has 3 atom stereocenters. The lowest BCUT2D eigenvalue weighted by Crippen LogP contribution is -2.64. The molecule has 1 N–H and O–H groups in total. The van der Waals surface area contributed by atoms with E-state index in [-0.39, 0.29) is 11.0 Å². The third-order valence-electron chi connectivity index (χ3n) is 9.81. The molecule has 0 aliphatic heterocycles. The largest absolute Gasteiger partial charge is 0.389 e. The molecule has 0 radical (unpaired) electrons. The summed E-state index contributed by atoms with van der Waals surface area (Å²) in [7, 11) is 0. The van der Waals surface area contributed by atoms with Gasteiger partial charge in [-0.3, -0.25) is 0 Å². The van der Waals surface area contributed by atoms with Crippen LogP contribution in [0.15, 0.2) is 0 Å². The normalized spacial score (nSPS) is 63.4. The van der Waals surface area contributed by atoms with Crippen molar-refractivity contribution in [1.29, 1.82) is 0 Å². The average molecular weight is 288 g/mol. The van der Waals surface area contributed by atoms with E-state index in [4.69, 9.17) is 0 Å². The summed E-state index contributed by atoms with van der Waals surface area (Å²) in [6.07, 6.45) is 12.3. The van der Waals surface area contributed by atoms with Gasteiger partial charge < -0.3 is 5.11 Å². The lowest BCUT2D eigenvalue weighted by atomic mass is 9.41. The van der Waals surface area contributed by atoms with Crippen molar-refractivity contribution in [3.8, 4) is 0 Å². The van der Waals surface area contributed by atoms with Gasteiger partial charge in [-0.15, -0.1) is 0 Å². The molecule has 0 heterocycles. The molecule has 118 valence electrons. The topological polar surface area (TPSA) is 20.2 Å². The molecule has 0 aromatic carbocycles. The van der Waals surface area contributed by atoms with Gasteiger partial charge in [-0.25, -0.2) is 0 Å². The first-order valence-electron chi connectivity index (χ1n) is 9.52. The van der Waals surface area contributed by atoms with Gasteiger partial charge in [0.15, 0.2) is 0 Å². The van der Waals surface area contributed by atoms with Gasteiger partial charge in [0.1, 0.15) is 0 Å². The van der Waals surface area contributed by atoms with Gasteiger partial charge in [-0.1, -0.05) is 20.8 Å². The molecule has 6 aliphatic rings. The van der Waals surface area contributed by atoms with Crippen LogP contribution >= 0.6 is 0 Å². The van der Waals surface area contributed by atoms with Crippen LogP contribution in [0.5, 0.6) is 0 Å². The third kappa shape index (κ3) is 1.28. The summed E-state index contributed by atoms with van der Waals surface area (Å²) in [5, 5.41) is 12.1. The van der Waals surface area contributed by atoms with E-state index in [1.807, 2.05) is 0 Å². The smallest absolute Gasteiger partial charge is 0.0765 e. The van der Waals surface area contributed by atoms with Gasteiger partial charge >= 0.3 is 0 Å². The lowest BCUT2D eigenvalue weighted by molar-refractivity contribution is -0.233. The molecular weight excluding hydrogens is 256 g/mol. The summed E-state index contributed by atoms with van der Waals surface area (Å²) < 4.78 is 0. The van der Waals surface area contributed by atoms with E-state index in [1.54, 1.807) is 0 Å². The maximum atomic E-state index is 12.1. The summed E-state index contributed by atoms with van der Waals surface area (Å²) in [4.78, 5) is 0. The molecule has 6 rings (SSSR count). The number of aliphatic hydroxyl groups is 1. The maximum absolute atomic E-state index is 12.1. The van der Waals surface area contributed by atoms with Crippen LogP contribution < -0.4 is 0 Å². The highest BCUT2D eigenvalue weighted by molar-refractivity contribution is 5.25. The molecule has 0 spiro atoms. The van der Waals surface area contributed by atoms with Crippen molar-refractivity contribution < 1.29 is 5.11 Å². The Bertz CT molecular complexity index is 457. The predicted octanol–water partition coefficient (Wildman–Crippen LogP) is 4.78. The van der Waals surface area contributed by atoms with Crippen molar-refractivity contribution in [3.05, 3.63) is 0 Å². The number of fused-ring (bicyclic) bond motifs is 2. The Morgan fingerprint density at radius 2 is 1.33 bits per heavy atom. The summed E-state index contributed by atoms with van der Waals surface area (Å²) in [6.45, 7) is 7.38. The Hall–Kier alpha value is -0.0400. The molecule has 3 unspecified atom stereocenters. The van der Waals surface area contributed by atoms with Crippen LogP contribution in [0.3, 0.4) is 0 Å². The summed E-state index contributed by atoms with van der Waals surface area (Å²) in [6, 6.07) is 0. The van der Waals surface area contributed by atoms with Crippen molar-refractivity contribution >= 4 is 0 Å². The monoisotopic (exact) mass is 288 g/mol. The quantitative estimate of drug-likeness (QED) is 0.736. The highest BCUT2D eigenvalue weighted by atomic mass is 16.3. The minimum absolute atomic E-state index is 0.163. The Kier molecular flexibility index (Phi) is 2.27. The molecule has 1 heteroatoms.